The summed E-state index contributed by atoms with van der Waals surface area (Å²) < 4.78 is 0. The molecule has 3 aromatic heterocycles. The Bertz CT molecular complexity index is 654. The van der Waals surface area contributed by atoms with Crippen LogP contribution in [0.15, 0.2) is 18.6 Å². The van der Waals surface area contributed by atoms with Gasteiger partial charge in [0.1, 0.15) is 17.7 Å². The van der Waals surface area contributed by atoms with Gasteiger partial charge in [0.2, 0.25) is 0 Å². The first kappa shape index (κ1) is 9.83. The fourth-order valence-corrected chi connectivity index (χ4v) is 1.68. The third-order valence-electron chi connectivity index (χ3n) is 2.52. The first-order valence-electron chi connectivity index (χ1n) is 5.21. The highest BCUT2D eigenvalue weighted by atomic mass is 15.1. The summed E-state index contributed by atoms with van der Waals surface area (Å²) in [4.78, 5) is 15.6. The molecule has 6 nitrogen and oxygen atoms in total. The van der Waals surface area contributed by atoms with E-state index in [1.165, 1.54) is 6.33 Å². The van der Waals surface area contributed by atoms with Gasteiger partial charge in [-0.05, 0) is 19.9 Å². The topological polar surface area (TPSA) is 80.2 Å². The average Bonchev–Trinajstić information content (AvgIpc) is 2.75. The lowest BCUT2D eigenvalue weighted by Crippen LogP contribution is -1.94. The number of hydrogen-bond acceptors (Lipinski definition) is 5. The number of fused-ring (bicyclic) bond motifs is 1. The van der Waals surface area contributed by atoms with Gasteiger partial charge in [0.05, 0.1) is 17.6 Å². The second-order valence-corrected chi connectivity index (χ2v) is 3.83. The Morgan fingerprint density at radius 3 is 2.88 bits per heavy atom. The highest BCUT2D eigenvalue weighted by molar-refractivity contribution is 5.75. The predicted octanol–water partition coefficient (Wildman–Crippen LogP) is 1.43. The zero-order valence-corrected chi connectivity index (χ0v) is 9.47. The molecule has 0 bridgehead atoms. The zero-order chi connectivity index (χ0) is 11.8. The Morgan fingerprint density at radius 1 is 1.18 bits per heavy atom. The summed E-state index contributed by atoms with van der Waals surface area (Å²) in [6.07, 6.45) is 3.19. The Labute approximate surface area is 97.2 Å². The molecular weight excluding hydrogens is 216 g/mol. The van der Waals surface area contributed by atoms with Crippen LogP contribution in [-0.2, 0) is 0 Å². The van der Waals surface area contributed by atoms with Crippen molar-refractivity contribution in [1.82, 2.24) is 30.1 Å². The molecule has 3 rings (SSSR count). The maximum absolute atomic E-state index is 4.41. The molecule has 0 atom stereocenters. The first-order chi connectivity index (χ1) is 8.24. The number of nitrogens with zero attached hydrogens (tertiary/aromatic N) is 5. The average molecular weight is 226 g/mol. The Balaban J connectivity index is 2.23. The van der Waals surface area contributed by atoms with Crippen molar-refractivity contribution in [2.24, 2.45) is 0 Å². The first-order valence-corrected chi connectivity index (χ1v) is 5.21. The molecule has 0 aliphatic heterocycles. The number of hydrogen-bond donors (Lipinski definition) is 1. The van der Waals surface area contributed by atoms with Crippen LogP contribution in [0, 0.1) is 13.8 Å². The molecule has 17 heavy (non-hydrogen) atoms. The van der Waals surface area contributed by atoms with Gasteiger partial charge >= 0.3 is 0 Å². The van der Waals surface area contributed by atoms with E-state index in [1.54, 1.807) is 6.20 Å². The van der Waals surface area contributed by atoms with Gasteiger partial charge in [-0.2, -0.15) is 10.2 Å². The van der Waals surface area contributed by atoms with Crippen LogP contribution in [0.2, 0.25) is 0 Å². The number of H-pyrrole nitrogens is 1. The number of aromatic amines is 1. The Kier molecular flexibility index (Phi) is 2.07. The predicted molar refractivity (Wildman–Crippen MR) is 62.2 cm³/mol. The Morgan fingerprint density at radius 2 is 2.06 bits per heavy atom. The van der Waals surface area contributed by atoms with Gasteiger partial charge in [-0.3, -0.25) is 0 Å². The largest absolute Gasteiger partial charge is 0.335 e. The summed E-state index contributed by atoms with van der Waals surface area (Å²) in [5, 5.41) is 8.08. The summed E-state index contributed by atoms with van der Waals surface area (Å²) in [7, 11) is 0. The van der Waals surface area contributed by atoms with Crippen molar-refractivity contribution in [3.05, 3.63) is 30.0 Å². The third-order valence-corrected chi connectivity index (χ3v) is 2.52. The fourth-order valence-electron chi connectivity index (χ4n) is 1.68. The van der Waals surface area contributed by atoms with Crippen molar-refractivity contribution in [1.29, 1.82) is 0 Å². The zero-order valence-electron chi connectivity index (χ0n) is 9.47. The molecule has 0 saturated carbocycles. The van der Waals surface area contributed by atoms with Gasteiger partial charge in [0, 0.05) is 5.56 Å². The Hall–Kier alpha value is -2.37. The van der Waals surface area contributed by atoms with E-state index in [9.17, 15) is 0 Å². The monoisotopic (exact) mass is 226 g/mol. The molecule has 6 heteroatoms. The molecule has 0 unspecified atom stereocenters. The van der Waals surface area contributed by atoms with Gasteiger partial charge in [0.25, 0.3) is 0 Å². The van der Waals surface area contributed by atoms with Crippen molar-refractivity contribution in [2.75, 3.05) is 0 Å². The molecule has 0 amide bonds. The lowest BCUT2D eigenvalue weighted by atomic mass is 10.2. The fraction of sp³-hybridized carbons (Fsp3) is 0.182. The highest BCUT2D eigenvalue weighted by Gasteiger charge is 2.10. The van der Waals surface area contributed by atoms with Crippen molar-refractivity contribution in [3.8, 4) is 11.4 Å². The lowest BCUT2D eigenvalue weighted by Gasteiger charge is -2.00. The molecule has 0 spiro atoms. The van der Waals surface area contributed by atoms with Crippen molar-refractivity contribution < 1.29 is 0 Å². The minimum Gasteiger partial charge on any atom is -0.335 e. The molecule has 3 aromatic rings. The molecule has 0 fully saturated rings. The van der Waals surface area contributed by atoms with Crippen LogP contribution >= 0.6 is 0 Å². The van der Waals surface area contributed by atoms with E-state index in [1.807, 2.05) is 19.9 Å². The van der Waals surface area contributed by atoms with E-state index in [4.69, 9.17) is 0 Å². The van der Waals surface area contributed by atoms with Gasteiger partial charge in [-0.1, -0.05) is 0 Å². The second-order valence-electron chi connectivity index (χ2n) is 3.83. The van der Waals surface area contributed by atoms with Crippen LogP contribution in [-0.4, -0.2) is 30.1 Å². The number of nitrogens with one attached hydrogen (secondary N) is 1. The minimum atomic E-state index is 0.656. The number of imidazole rings is 1. The molecule has 0 aromatic carbocycles. The highest BCUT2D eigenvalue weighted by Crippen LogP contribution is 2.21. The van der Waals surface area contributed by atoms with Gasteiger partial charge in [-0.15, -0.1) is 0 Å². The number of aromatic nitrogens is 6. The molecule has 1 N–H and O–H groups in total. The second kappa shape index (κ2) is 3.58. The molecule has 0 radical (unpaired) electrons. The summed E-state index contributed by atoms with van der Waals surface area (Å²) in [6.45, 7) is 3.80. The van der Waals surface area contributed by atoms with Crippen LogP contribution in [0.1, 0.15) is 11.4 Å². The quantitative estimate of drug-likeness (QED) is 0.678. The van der Waals surface area contributed by atoms with Crippen LogP contribution in [0.5, 0.6) is 0 Å². The van der Waals surface area contributed by atoms with Crippen LogP contribution in [0.3, 0.4) is 0 Å². The summed E-state index contributed by atoms with van der Waals surface area (Å²) >= 11 is 0. The standard InChI is InChI=1S/C11H10N6/c1-6-3-8(7(2)17-16-6)10-14-9-4-12-5-13-11(9)15-10/h3-5H,1-2H3,(H,12,13,14,15). The van der Waals surface area contributed by atoms with Gasteiger partial charge < -0.3 is 4.98 Å². The van der Waals surface area contributed by atoms with Crippen molar-refractivity contribution >= 4 is 11.2 Å². The van der Waals surface area contributed by atoms with E-state index >= 15 is 0 Å². The lowest BCUT2D eigenvalue weighted by molar-refractivity contribution is 0.940. The summed E-state index contributed by atoms with van der Waals surface area (Å²) in [5.74, 6) is 0.746. The van der Waals surface area contributed by atoms with Crippen LogP contribution < -0.4 is 0 Å². The van der Waals surface area contributed by atoms with E-state index in [2.05, 4.69) is 30.1 Å². The maximum atomic E-state index is 4.41. The van der Waals surface area contributed by atoms with Gasteiger partial charge in [-0.25, -0.2) is 15.0 Å². The molecule has 0 saturated heterocycles. The molecule has 0 aliphatic carbocycles. The molecule has 0 aliphatic rings. The van der Waals surface area contributed by atoms with Crippen molar-refractivity contribution in [2.45, 2.75) is 13.8 Å². The van der Waals surface area contributed by atoms with E-state index in [-0.39, 0.29) is 0 Å². The van der Waals surface area contributed by atoms with Crippen LogP contribution in [0.25, 0.3) is 22.6 Å². The molecule has 84 valence electrons. The summed E-state index contributed by atoms with van der Waals surface area (Å²) in [5.41, 5.74) is 4.11. The normalized spacial score (nSPS) is 10.9. The molecular formula is C11H10N6. The summed E-state index contributed by atoms with van der Waals surface area (Å²) in [6, 6.07) is 1.95. The number of rotatable bonds is 1. The van der Waals surface area contributed by atoms with Crippen LogP contribution in [0.4, 0.5) is 0 Å². The number of aryl methyl sites for hydroxylation is 2. The SMILES string of the molecule is Cc1cc(-c2nc3ncncc3[nH]2)c(C)nn1. The van der Waals surface area contributed by atoms with Crippen molar-refractivity contribution in [3.63, 3.8) is 0 Å². The third kappa shape index (κ3) is 1.63. The van der Waals surface area contributed by atoms with E-state index < -0.39 is 0 Å². The minimum absolute atomic E-state index is 0.656. The van der Waals surface area contributed by atoms with Gasteiger partial charge in [0.15, 0.2) is 5.65 Å². The molecule has 3 heterocycles. The smallest absolute Gasteiger partial charge is 0.181 e. The van der Waals surface area contributed by atoms with E-state index in [0.29, 0.717) is 5.65 Å². The van der Waals surface area contributed by atoms with E-state index in [0.717, 1.165) is 28.3 Å². The maximum Gasteiger partial charge on any atom is 0.181 e.